The van der Waals surface area contributed by atoms with Crippen LogP contribution < -0.4 is 10.3 Å². The second-order valence-corrected chi connectivity index (χ2v) is 5.39. The summed E-state index contributed by atoms with van der Waals surface area (Å²) in [5, 5.41) is 0. The third-order valence-corrected chi connectivity index (χ3v) is 3.94. The molecular formula is C14H22N2O2. The van der Waals surface area contributed by atoms with Crippen LogP contribution >= 0.6 is 0 Å². The minimum atomic E-state index is -0.130. The number of hydrogen-bond donors (Lipinski definition) is 1. The maximum atomic E-state index is 11.5. The first-order valence-electron chi connectivity index (χ1n) is 6.85. The first-order chi connectivity index (χ1) is 8.58. The van der Waals surface area contributed by atoms with Crippen LogP contribution in [0.1, 0.15) is 45.9 Å². The lowest BCUT2D eigenvalue weighted by molar-refractivity contribution is 0.0960. The molecule has 0 bridgehead atoms. The molecule has 0 radical (unpaired) electrons. The molecule has 0 amide bonds. The summed E-state index contributed by atoms with van der Waals surface area (Å²) in [5.74, 6) is 2.61. The Morgan fingerprint density at radius 3 is 2.83 bits per heavy atom. The molecule has 1 aromatic rings. The third-order valence-electron chi connectivity index (χ3n) is 3.94. The number of nitrogens with one attached hydrogen (secondary N) is 1. The van der Waals surface area contributed by atoms with Gasteiger partial charge >= 0.3 is 0 Å². The molecule has 3 atom stereocenters. The molecule has 4 heteroatoms. The third kappa shape index (κ3) is 3.12. The summed E-state index contributed by atoms with van der Waals surface area (Å²) in [4.78, 5) is 18.5. The molecule has 1 fully saturated rings. The zero-order valence-corrected chi connectivity index (χ0v) is 11.4. The zero-order chi connectivity index (χ0) is 13.1. The van der Waals surface area contributed by atoms with E-state index in [1.165, 1.54) is 12.5 Å². The first-order valence-corrected chi connectivity index (χ1v) is 6.85. The van der Waals surface area contributed by atoms with Crippen LogP contribution in [0, 0.1) is 11.8 Å². The SMILES string of the molecule is CCc1nc(OC2CCC(C)C(C)C2)cc(=O)[nH]1. The Labute approximate surface area is 108 Å². The van der Waals surface area contributed by atoms with E-state index in [2.05, 4.69) is 23.8 Å². The monoisotopic (exact) mass is 250 g/mol. The molecule has 0 spiro atoms. The van der Waals surface area contributed by atoms with Crippen LogP contribution in [0.15, 0.2) is 10.9 Å². The molecule has 1 saturated carbocycles. The fraction of sp³-hybridized carbons (Fsp3) is 0.714. The highest BCUT2D eigenvalue weighted by Crippen LogP contribution is 2.31. The van der Waals surface area contributed by atoms with Crippen molar-refractivity contribution >= 4 is 0 Å². The van der Waals surface area contributed by atoms with Crippen LogP contribution in [-0.4, -0.2) is 16.1 Å². The second kappa shape index (κ2) is 5.55. The molecule has 1 aromatic heterocycles. The molecule has 0 aliphatic heterocycles. The number of H-pyrrole nitrogens is 1. The van der Waals surface area contributed by atoms with Crippen LogP contribution in [0.2, 0.25) is 0 Å². The molecule has 1 heterocycles. The van der Waals surface area contributed by atoms with Crippen molar-refractivity contribution in [3.05, 3.63) is 22.2 Å². The Hall–Kier alpha value is -1.32. The van der Waals surface area contributed by atoms with Gasteiger partial charge in [-0.1, -0.05) is 20.8 Å². The average molecular weight is 250 g/mol. The van der Waals surface area contributed by atoms with Gasteiger partial charge in [0, 0.05) is 6.42 Å². The van der Waals surface area contributed by atoms with Crippen molar-refractivity contribution in [1.82, 2.24) is 9.97 Å². The van der Waals surface area contributed by atoms with E-state index in [9.17, 15) is 4.79 Å². The minimum absolute atomic E-state index is 0.130. The van der Waals surface area contributed by atoms with Crippen molar-refractivity contribution in [2.24, 2.45) is 11.8 Å². The molecule has 18 heavy (non-hydrogen) atoms. The van der Waals surface area contributed by atoms with Gasteiger partial charge in [0.2, 0.25) is 5.88 Å². The van der Waals surface area contributed by atoms with Gasteiger partial charge in [0.25, 0.3) is 5.56 Å². The maximum absolute atomic E-state index is 11.5. The fourth-order valence-electron chi connectivity index (χ4n) is 2.49. The average Bonchev–Trinajstić information content (AvgIpc) is 2.33. The van der Waals surface area contributed by atoms with Crippen LogP contribution in [0.3, 0.4) is 0 Å². The number of aromatic nitrogens is 2. The van der Waals surface area contributed by atoms with E-state index in [1.54, 1.807) is 0 Å². The molecule has 1 N–H and O–H groups in total. The standard InChI is InChI=1S/C14H22N2O2/c1-4-12-15-13(17)8-14(16-12)18-11-6-5-9(2)10(3)7-11/h8-11H,4-7H2,1-3H3,(H,15,16,17). The Kier molecular flexibility index (Phi) is 4.04. The highest BCUT2D eigenvalue weighted by Gasteiger charge is 2.26. The summed E-state index contributed by atoms with van der Waals surface area (Å²) in [6, 6.07) is 1.45. The van der Waals surface area contributed by atoms with E-state index < -0.39 is 0 Å². The summed E-state index contributed by atoms with van der Waals surface area (Å²) < 4.78 is 5.87. The molecule has 2 rings (SSSR count). The van der Waals surface area contributed by atoms with Crippen LogP contribution in [-0.2, 0) is 6.42 Å². The summed E-state index contributed by atoms with van der Waals surface area (Å²) in [5.41, 5.74) is -0.130. The van der Waals surface area contributed by atoms with Gasteiger partial charge in [-0.25, -0.2) is 4.98 Å². The molecule has 4 nitrogen and oxygen atoms in total. The Bertz CT molecular complexity index is 455. The highest BCUT2D eigenvalue weighted by atomic mass is 16.5. The Morgan fingerprint density at radius 2 is 2.17 bits per heavy atom. The second-order valence-electron chi connectivity index (χ2n) is 5.39. The van der Waals surface area contributed by atoms with E-state index in [4.69, 9.17) is 4.74 Å². The lowest BCUT2D eigenvalue weighted by Gasteiger charge is -2.31. The summed E-state index contributed by atoms with van der Waals surface area (Å²) in [7, 11) is 0. The number of aryl methyl sites for hydroxylation is 1. The van der Waals surface area contributed by atoms with Crippen molar-refractivity contribution in [3.8, 4) is 5.88 Å². The van der Waals surface area contributed by atoms with E-state index in [-0.39, 0.29) is 11.7 Å². The van der Waals surface area contributed by atoms with Gasteiger partial charge < -0.3 is 9.72 Å². The van der Waals surface area contributed by atoms with E-state index in [1.807, 2.05) is 6.92 Å². The van der Waals surface area contributed by atoms with E-state index in [0.29, 0.717) is 24.0 Å². The van der Waals surface area contributed by atoms with Gasteiger partial charge in [0.15, 0.2) is 0 Å². The summed E-state index contributed by atoms with van der Waals surface area (Å²) in [6.45, 7) is 6.52. The van der Waals surface area contributed by atoms with Crippen molar-refractivity contribution in [1.29, 1.82) is 0 Å². The Balaban J connectivity index is 2.05. The van der Waals surface area contributed by atoms with Gasteiger partial charge in [0.1, 0.15) is 11.9 Å². The van der Waals surface area contributed by atoms with E-state index >= 15 is 0 Å². The number of nitrogens with zero attached hydrogens (tertiary/aromatic N) is 1. The van der Waals surface area contributed by atoms with E-state index in [0.717, 1.165) is 18.8 Å². The smallest absolute Gasteiger partial charge is 0.254 e. The lowest BCUT2D eigenvalue weighted by atomic mass is 9.80. The van der Waals surface area contributed by atoms with Crippen LogP contribution in [0.4, 0.5) is 0 Å². The highest BCUT2D eigenvalue weighted by molar-refractivity contribution is 5.09. The minimum Gasteiger partial charge on any atom is -0.474 e. The van der Waals surface area contributed by atoms with Crippen LogP contribution in [0.25, 0.3) is 0 Å². The summed E-state index contributed by atoms with van der Waals surface area (Å²) in [6.07, 6.45) is 4.22. The number of ether oxygens (including phenoxy) is 1. The van der Waals surface area contributed by atoms with Gasteiger partial charge in [-0.2, -0.15) is 0 Å². The maximum Gasteiger partial charge on any atom is 0.254 e. The van der Waals surface area contributed by atoms with Crippen molar-refractivity contribution in [3.63, 3.8) is 0 Å². The topological polar surface area (TPSA) is 55.0 Å². The predicted molar refractivity (Wildman–Crippen MR) is 70.8 cm³/mol. The summed E-state index contributed by atoms with van der Waals surface area (Å²) >= 11 is 0. The predicted octanol–water partition coefficient (Wildman–Crippen LogP) is 2.54. The largest absolute Gasteiger partial charge is 0.474 e. The first kappa shape index (κ1) is 13.1. The van der Waals surface area contributed by atoms with Gasteiger partial charge in [-0.15, -0.1) is 0 Å². The van der Waals surface area contributed by atoms with Crippen molar-refractivity contribution < 1.29 is 4.74 Å². The van der Waals surface area contributed by atoms with Crippen LogP contribution in [0.5, 0.6) is 5.88 Å². The van der Waals surface area contributed by atoms with Crippen molar-refractivity contribution in [2.75, 3.05) is 0 Å². The normalized spacial score (nSPS) is 28.1. The molecule has 1 aliphatic rings. The van der Waals surface area contributed by atoms with Gasteiger partial charge in [-0.05, 0) is 31.1 Å². The number of hydrogen-bond acceptors (Lipinski definition) is 3. The Morgan fingerprint density at radius 1 is 1.39 bits per heavy atom. The number of rotatable bonds is 3. The molecule has 0 aromatic carbocycles. The molecule has 1 aliphatic carbocycles. The zero-order valence-electron chi connectivity index (χ0n) is 11.4. The lowest BCUT2D eigenvalue weighted by Crippen LogP contribution is -2.29. The molecule has 100 valence electrons. The molecule has 0 saturated heterocycles. The van der Waals surface area contributed by atoms with Gasteiger partial charge in [-0.3, -0.25) is 4.79 Å². The van der Waals surface area contributed by atoms with Gasteiger partial charge in [0.05, 0.1) is 6.07 Å². The quantitative estimate of drug-likeness (QED) is 0.897. The molecule has 3 unspecified atom stereocenters. The number of aromatic amines is 1. The molecular weight excluding hydrogens is 228 g/mol. The van der Waals surface area contributed by atoms with Crippen molar-refractivity contribution in [2.45, 2.75) is 52.6 Å². The fourth-order valence-corrected chi connectivity index (χ4v) is 2.49.